The highest BCUT2D eigenvalue weighted by Gasteiger charge is 2.41. The summed E-state index contributed by atoms with van der Waals surface area (Å²) >= 11 is 0. The summed E-state index contributed by atoms with van der Waals surface area (Å²) in [4.78, 5) is 0. The first-order chi connectivity index (χ1) is 5.45. The van der Waals surface area contributed by atoms with Crippen molar-refractivity contribution in [2.75, 3.05) is 11.9 Å². The van der Waals surface area contributed by atoms with E-state index in [0.717, 1.165) is 11.8 Å². The fourth-order valence-electron chi connectivity index (χ4n) is 2.08. The second kappa shape index (κ2) is 1.79. The third-order valence-corrected chi connectivity index (χ3v) is 2.84. The fraction of sp³-hybridized carbons (Fsp3) is 0.400. The van der Waals surface area contributed by atoms with Crippen LogP contribution in [-0.2, 0) is 0 Å². The van der Waals surface area contributed by atoms with Gasteiger partial charge in [0.2, 0.25) is 0 Å². The van der Waals surface area contributed by atoms with Gasteiger partial charge in [-0.3, -0.25) is 0 Å². The molecule has 1 nitrogen and oxygen atoms in total. The minimum atomic E-state index is 0.896. The summed E-state index contributed by atoms with van der Waals surface area (Å²) in [7, 11) is 0. The molecular weight excluding hydrogens is 134 g/mol. The highest BCUT2D eigenvalue weighted by atomic mass is 14.9. The predicted octanol–water partition coefficient (Wildman–Crippen LogP) is 2.22. The number of benzene rings is 1. The molecule has 3 rings (SSSR count). The van der Waals surface area contributed by atoms with E-state index in [1.165, 1.54) is 18.7 Å². The Morgan fingerprint density at radius 2 is 2.18 bits per heavy atom. The summed E-state index contributed by atoms with van der Waals surface area (Å²) in [5.74, 6) is 1.84. The second-order valence-corrected chi connectivity index (χ2v) is 3.57. The molecule has 1 unspecified atom stereocenters. The minimum absolute atomic E-state index is 0.896. The van der Waals surface area contributed by atoms with Gasteiger partial charge in [0.05, 0.1) is 0 Å². The average Bonchev–Trinajstić information content (AvgIpc) is 2.83. The Morgan fingerprint density at radius 3 is 3.18 bits per heavy atom. The zero-order valence-electron chi connectivity index (χ0n) is 6.38. The van der Waals surface area contributed by atoms with Crippen molar-refractivity contribution < 1.29 is 0 Å². The number of anilines is 1. The fourth-order valence-corrected chi connectivity index (χ4v) is 2.08. The van der Waals surface area contributed by atoms with Crippen LogP contribution in [0, 0.1) is 5.92 Å². The van der Waals surface area contributed by atoms with E-state index in [9.17, 15) is 0 Å². The molecule has 56 valence electrons. The summed E-state index contributed by atoms with van der Waals surface area (Å²) in [5.41, 5.74) is 2.91. The topological polar surface area (TPSA) is 12.0 Å². The van der Waals surface area contributed by atoms with E-state index < -0.39 is 0 Å². The Labute approximate surface area is 66.4 Å². The van der Waals surface area contributed by atoms with Crippen molar-refractivity contribution in [3.05, 3.63) is 29.8 Å². The normalized spacial score (nSPS) is 31.6. The smallest absolute Gasteiger partial charge is 0.0375 e. The van der Waals surface area contributed by atoms with E-state index >= 15 is 0 Å². The Morgan fingerprint density at radius 1 is 1.27 bits per heavy atom. The van der Waals surface area contributed by atoms with Crippen LogP contribution in [0.4, 0.5) is 5.69 Å². The van der Waals surface area contributed by atoms with Crippen molar-refractivity contribution in [2.24, 2.45) is 5.92 Å². The zero-order chi connectivity index (χ0) is 7.26. The van der Waals surface area contributed by atoms with Gasteiger partial charge in [-0.25, -0.2) is 0 Å². The van der Waals surface area contributed by atoms with Crippen LogP contribution in [0.1, 0.15) is 17.9 Å². The number of hydrogen-bond donors (Lipinski definition) is 1. The highest BCUT2D eigenvalue weighted by molar-refractivity contribution is 5.57. The van der Waals surface area contributed by atoms with Gasteiger partial charge in [-0.2, -0.15) is 0 Å². The first-order valence-electron chi connectivity index (χ1n) is 4.28. The third kappa shape index (κ3) is 0.710. The summed E-state index contributed by atoms with van der Waals surface area (Å²) < 4.78 is 0. The van der Waals surface area contributed by atoms with Crippen molar-refractivity contribution >= 4 is 5.69 Å². The van der Waals surface area contributed by atoms with Gasteiger partial charge in [0.25, 0.3) is 0 Å². The Kier molecular flexibility index (Phi) is 0.916. The maximum Gasteiger partial charge on any atom is 0.0375 e. The minimum Gasteiger partial charge on any atom is -0.385 e. The first-order valence-corrected chi connectivity index (χ1v) is 4.28. The molecule has 1 N–H and O–H groups in total. The van der Waals surface area contributed by atoms with E-state index in [4.69, 9.17) is 0 Å². The van der Waals surface area contributed by atoms with Crippen molar-refractivity contribution in [1.29, 1.82) is 0 Å². The molecule has 0 bridgehead atoms. The van der Waals surface area contributed by atoms with E-state index in [2.05, 4.69) is 29.6 Å². The Balaban J connectivity index is 2.14. The molecular formula is C10H11N. The van der Waals surface area contributed by atoms with Gasteiger partial charge in [-0.05, 0) is 29.9 Å². The molecule has 1 aliphatic heterocycles. The van der Waals surface area contributed by atoms with E-state index in [0.29, 0.717) is 0 Å². The van der Waals surface area contributed by atoms with Crippen molar-refractivity contribution in [2.45, 2.75) is 12.3 Å². The Hall–Kier alpha value is -0.980. The average molecular weight is 145 g/mol. The van der Waals surface area contributed by atoms with E-state index in [-0.39, 0.29) is 0 Å². The molecule has 0 amide bonds. The van der Waals surface area contributed by atoms with Crippen LogP contribution in [0.2, 0.25) is 0 Å². The first kappa shape index (κ1) is 5.64. The molecule has 1 fully saturated rings. The second-order valence-electron chi connectivity index (χ2n) is 3.57. The van der Waals surface area contributed by atoms with Crippen LogP contribution >= 0.6 is 0 Å². The largest absolute Gasteiger partial charge is 0.385 e. The molecule has 2 atom stereocenters. The molecule has 1 aromatic rings. The van der Waals surface area contributed by atoms with Gasteiger partial charge in [-0.1, -0.05) is 18.2 Å². The van der Waals surface area contributed by atoms with E-state index in [1.54, 1.807) is 5.56 Å². The predicted molar refractivity (Wildman–Crippen MR) is 45.8 cm³/mol. The molecule has 1 heteroatoms. The van der Waals surface area contributed by atoms with Gasteiger partial charge in [0, 0.05) is 12.2 Å². The third-order valence-electron chi connectivity index (χ3n) is 2.84. The molecule has 2 aliphatic rings. The van der Waals surface area contributed by atoms with Crippen LogP contribution in [0.25, 0.3) is 0 Å². The molecule has 0 aromatic heterocycles. The van der Waals surface area contributed by atoms with Crippen LogP contribution < -0.4 is 5.32 Å². The lowest BCUT2D eigenvalue weighted by atomic mass is 10.0. The monoisotopic (exact) mass is 145 g/mol. The molecule has 1 heterocycles. The summed E-state index contributed by atoms with van der Waals surface area (Å²) in [5, 5.41) is 3.45. The standard InChI is InChI=1S/C10H11N/c1-2-4-10-8(3-1)9-5-7(9)6-11-10/h1-4,7,9,11H,5-6H2/t7?,9-/m0/s1. The van der Waals surface area contributed by atoms with Gasteiger partial charge in [0.15, 0.2) is 0 Å². The zero-order valence-corrected chi connectivity index (χ0v) is 6.38. The molecule has 1 aliphatic carbocycles. The summed E-state index contributed by atoms with van der Waals surface area (Å²) in [6.45, 7) is 1.20. The summed E-state index contributed by atoms with van der Waals surface area (Å²) in [6, 6.07) is 8.69. The lowest BCUT2D eigenvalue weighted by Crippen LogP contribution is -2.11. The van der Waals surface area contributed by atoms with Crippen molar-refractivity contribution in [3.63, 3.8) is 0 Å². The molecule has 11 heavy (non-hydrogen) atoms. The van der Waals surface area contributed by atoms with Crippen LogP contribution in [0.3, 0.4) is 0 Å². The van der Waals surface area contributed by atoms with Crippen LogP contribution in [0.5, 0.6) is 0 Å². The lowest BCUT2D eigenvalue weighted by Gasteiger charge is -2.16. The van der Waals surface area contributed by atoms with Crippen molar-refractivity contribution in [1.82, 2.24) is 0 Å². The number of para-hydroxylation sites is 1. The number of nitrogens with one attached hydrogen (secondary N) is 1. The summed E-state index contributed by atoms with van der Waals surface area (Å²) in [6.07, 6.45) is 1.41. The maximum atomic E-state index is 3.45. The van der Waals surface area contributed by atoms with Crippen LogP contribution in [0.15, 0.2) is 24.3 Å². The lowest BCUT2D eigenvalue weighted by molar-refractivity contribution is 0.817. The Bertz CT molecular complexity index is 293. The quantitative estimate of drug-likeness (QED) is 0.590. The number of rotatable bonds is 0. The van der Waals surface area contributed by atoms with Gasteiger partial charge < -0.3 is 5.32 Å². The van der Waals surface area contributed by atoms with Gasteiger partial charge in [-0.15, -0.1) is 0 Å². The van der Waals surface area contributed by atoms with Gasteiger partial charge >= 0.3 is 0 Å². The molecule has 0 saturated heterocycles. The number of hydrogen-bond acceptors (Lipinski definition) is 1. The maximum absolute atomic E-state index is 3.45. The molecule has 0 spiro atoms. The van der Waals surface area contributed by atoms with E-state index in [1.807, 2.05) is 0 Å². The van der Waals surface area contributed by atoms with Crippen LogP contribution in [-0.4, -0.2) is 6.54 Å². The highest BCUT2D eigenvalue weighted by Crippen LogP contribution is 2.52. The SMILES string of the molecule is c1ccc2c(c1)NCC1C[C@H]21. The van der Waals surface area contributed by atoms with Gasteiger partial charge in [0.1, 0.15) is 0 Å². The number of fused-ring (bicyclic) bond motifs is 3. The molecule has 0 radical (unpaired) electrons. The van der Waals surface area contributed by atoms with Crippen molar-refractivity contribution in [3.8, 4) is 0 Å². The molecule has 1 aromatic carbocycles. The molecule has 1 saturated carbocycles.